The third-order valence-electron chi connectivity index (χ3n) is 1.83. The van der Waals surface area contributed by atoms with E-state index in [1.54, 1.807) is 6.92 Å². The van der Waals surface area contributed by atoms with E-state index >= 15 is 0 Å². The summed E-state index contributed by atoms with van der Waals surface area (Å²) in [6.07, 6.45) is 0. The lowest BCUT2D eigenvalue weighted by Gasteiger charge is -2.02. The zero-order valence-corrected chi connectivity index (χ0v) is 8.19. The van der Waals surface area contributed by atoms with Crippen LogP contribution < -0.4 is 11.1 Å². The molecule has 0 heterocycles. The number of nitrogen functional groups attached to an aromatic ring is 1. The number of nitrogens with two attached hydrogens (primary N) is 1. The monoisotopic (exact) mass is 209 g/mol. The van der Waals surface area contributed by atoms with Crippen molar-refractivity contribution in [1.29, 1.82) is 0 Å². The van der Waals surface area contributed by atoms with Crippen molar-refractivity contribution in [3.63, 3.8) is 0 Å². The molecule has 6 heteroatoms. The van der Waals surface area contributed by atoms with Gasteiger partial charge in [0.1, 0.15) is 5.69 Å². The van der Waals surface area contributed by atoms with Gasteiger partial charge in [-0.1, -0.05) is 0 Å². The quantitative estimate of drug-likeness (QED) is 0.439. The Bertz CT molecular complexity index is 404. The summed E-state index contributed by atoms with van der Waals surface area (Å²) < 4.78 is 0. The zero-order valence-electron chi connectivity index (χ0n) is 8.19. The average molecular weight is 209 g/mol. The number of amides is 1. The Labute approximate surface area is 86.2 Å². The summed E-state index contributed by atoms with van der Waals surface area (Å²) in [5.74, 6) is -0.347. The van der Waals surface area contributed by atoms with Crippen LogP contribution in [0.3, 0.4) is 0 Å². The largest absolute Gasteiger partial charge is 0.393 e. The van der Waals surface area contributed by atoms with E-state index in [2.05, 4.69) is 5.32 Å². The van der Waals surface area contributed by atoms with Crippen molar-refractivity contribution in [3.05, 3.63) is 33.9 Å². The molecule has 1 aromatic rings. The molecule has 1 aromatic carbocycles. The number of carbonyl (C=O) groups excluding carboxylic acids is 1. The number of hydrogen-bond donors (Lipinski definition) is 2. The van der Waals surface area contributed by atoms with Gasteiger partial charge in [-0.3, -0.25) is 14.9 Å². The van der Waals surface area contributed by atoms with Gasteiger partial charge in [-0.2, -0.15) is 0 Å². The standard InChI is InChI=1S/C9H11N3O3/c1-2-11-9(13)6-3-4-7(10)8(5-6)12(14)15/h3-5H,2,10H2,1H3,(H,11,13). The SMILES string of the molecule is CCNC(=O)c1ccc(N)c([N+](=O)[O-])c1. The third-order valence-corrected chi connectivity index (χ3v) is 1.83. The first-order valence-corrected chi connectivity index (χ1v) is 4.38. The number of anilines is 1. The predicted molar refractivity (Wildman–Crippen MR) is 55.5 cm³/mol. The van der Waals surface area contributed by atoms with Crippen molar-refractivity contribution in [2.24, 2.45) is 0 Å². The van der Waals surface area contributed by atoms with Gasteiger partial charge in [0.15, 0.2) is 0 Å². The van der Waals surface area contributed by atoms with Crippen LogP contribution >= 0.6 is 0 Å². The normalized spacial score (nSPS) is 9.67. The van der Waals surface area contributed by atoms with Crippen molar-refractivity contribution in [2.75, 3.05) is 12.3 Å². The minimum absolute atomic E-state index is 0.0491. The molecule has 0 radical (unpaired) electrons. The van der Waals surface area contributed by atoms with E-state index in [0.717, 1.165) is 0 Å². The Hall–Kier alpha value is -2.11. The minimum atomic E-state index is -0.613. The maximum absolute atomic E-state index is 11.4. The minimum Gasteiger partial charge on any atom is -0.393 e. The lowest BCUT2D eigenvalue weighted by Crippen LogP contribution is -2.22. The van der Waals surface area contributed by atoms with E-state index in [0.29, 0.717) is 6.54 Å². The molecule has 0 aliphatic carbocycles. The average Bonchev–Trinajstić information content (AvgIpc) is 2.18. The Morgan fingerprint density at radius 3 is 2.80 bits per heavy atom. The lowest BCUT2D eigenvalue weighted by atomic mass is 10.1. The van der Waals surface area contributed by atoms with E-state index < -0.39 is 4.92 Å². The van der Waals surface area contributed by atoms with Crippen LogP contribution in [0.4, 0.5) is 11.4 Å². The highest BCUT2D eigenvalue weighted by molar-refractivity contribution is 5.95. The van der Waals surface area contributed by atoms with Gasteiger partial charge in [0.25, 0.3) is 11.6 Å². The first kappa shape index (κ1) is 11.0. The number of rotatable bonds is 3. The van der Waals surface area contributed by atoms with Crippen LogP contribution in [0.25, 0.3) is 0 Å². The van der Waals surface area contributed by atoms with Crippen LogP contribution in [0, 0.1) is 10.1 Å². The van der Waals surface area contributed by atoms with Gasteiger partial charge in [0.2, 0.25) is 0 Å². The number of nitrogens with one attached hydrogen (secondary N) is 1. The molecule has 0 unspecified atom stereocenters. The molecule has 0 spiro atoms. The summed E-state index contributed by atoms with van der Waals surface area (Å²) in [5, 5.41) is 13.1. The fourth-order valence-corrected chi connectivity index (χ4v) is 1.11. The highest BCUT2D eigenvalue weighted by Crippen LogP contribution is 2.22. The van der Waals surface area contributed by atoms with E-state index in [1.807, 2.05) is 0 Å². The molecule has 6 nitrogen and oxygen atoms in total. The van der Waals surface area contributed by atoms with E-state index in [4.69, 9.17) is 5.73 Å². The zero-order chi connectivity index (χ0) is 11.4. The summed E-state index contributed by atoms with van der Waals surface area (Å²) in [4.78, 5) is 21.3. The molecule has 0 aliphatic heterocycles. The summed E-state index contributed by atoms with van der Waals surface area (Å²) in [7, 11) is 0. The summed E-state index contributed by atoms with van der Waals surface area (Å²) >= 11 is 0. The number of benzene rings is 1. The number of nitro benzene ring substituents is 1. The molecule has 0 bridgehead atoms. The molecule has 0 aliphatic rings. The van der Waals surface area contributed by atoms with Crippen LogP contribution in [-0.2, 0) is 0 Å². The van der Waals surface area contributed by atoms with E-state index in [1.165, 1.54) is 18.2 Å². The highest BCUT2D eigenvalue weighted by atomic mass is 16.6. The maximum Gasteiger partial charge on any atom is 0.292 e. The highest BCUT2D eigenvalue weighted by Gasteiger charge is 2.14. The topological polar surface area (TPSA) is 98.3 Å². The van der Waals surface area contributed by atoms with Gasteiger partial charge in [-0.25, -0.2) is 0 Å². The van der Waals surface area contributed by atoms with Crippen LogP contribution in [0.1, 0.15) is 17.3 Å². The molecule has 0 fully saturated rings. The number of nitrogens with zero attached hydrogens (tertiary/aromatic N) is 1. The number of nitro groups is 1. The smallest absolute Gasteiger partial charge is 0.292 e. The predicted octanol–water partition coefficient (Wildman–Crippen LogP) is 0.927. The van der Waals surface area contributed by atoms with Gasteiger partial charge >= 0.3 is 0 Å². The van der Waals surface area contributed by atoms with Gasteiger partial charge in [0.05, 0.1) is 4.92 Å². The van der Waals surface area contributed by atoms with Crippen LogP contribution in [0.2, 0.25) is 0 Å². The molecule has 15 heavy (non-hydrogen) atoms. The fourth-order valence-electron chi connectivity index (χ4n) is 1.11. The molecule has 1 amide bonds. The van der Waals surface area contributed by atoms with Gasteiger partial charge in [-0.15, -0.1) is 0 Å². The molecule has 0 aromatic heterocycles. The first-order valence-electron chi connectivity index (χ1n) is 4.38. The molecule has 0 saturated carbocycles. The van der Waals surface area contributed by atoms with Crippen molar-refractivity contribution < 1.29 is 9.72 Å². The number of hydrogen-bond acceptors (Lipinski definition) is 4. The van der Waals surface area contributed by atoms with E-state index in [9.17, 15) is 14.9 Å². The third kappa shape index (κ3) is 2.43. The Balaban J connectivity index is 3.07. The molecule has 0 atom stereocenters. The Morgan fingerprint density at radius 1 is 1.60 bits per heavy atom. The van der Waals surface area contributed by atoms with Gasteiger partial charge in [-0.05, 0) is 19.1 Å². The summed E-state index contributed by atoms with van der Waals surface area (Å²) in [6.45, 7) is 2.24. The second kappa shape index (κ2) is 4.41. The van der Waals surface area contributed by atoms with Crippen molar-refractivity contribution in [2.45, 2.75) is 6.92 Å². The molecular weight excluding hydrogens is 198 g/mol. The van der Waals surface area contributed by atoms with E-state index in [-0.39, 0.29) is 22.8 Å². The van der Waals surface area contributed by atoms with Gasteiger partial charge < -0.3 is 11.1 Å². The molecule has 0 saturated heterocycles. The number of carbonyl (C=O) groups is 1. The Kier molecular flexibility index (Phi) is 3.22. The fraction of sp³-hybridized carbons (Fsp3) is 0.222. The second-order valence-corrected chi connectivity index (χ2v) is 2.89. The molecule has 1 rings (SSSR count). The maximum atomic E-state index is 11.4. The first-order chi connectivity index (χ1) is 7.06. The van der Waals surface area contributed by atoms with Crippen molar-refractivity contribution in [1.82, 2.24) is 5.32 Å². The van der Waals surface area contributed by atoms with Crippen molar-refractivity contribution in [3.8, 4) is 0 Å². The van der Waals surface area contributed by atoms with Crippen LogP contribution in [0.15, 0.2) is 18.2 Å². The molecule has 3 N–H and O–H groups in total. The summed E-state index contributed by atoms with van der Waals surface area (Å²) in [6, 6.07) is 3.97. The van der Waals surface area contributed by atoms with Crippen LogP contribution in [-0.4, -0.2) is 17.4 Å². The van der Waals surface area contributed by atoms with Crippen LogP contribution in [0.5, 0.6) is 0 Å². The molecule has 80 valence electrons. The molecular formula is C9H11N3O3. The lowest BCUT2D eigenvalue weighted by molar-refractivity contribution is -0.383. The van der Waals surface area contributed by atoms with Crippen molar-refractivity contribution >= 4 is 17.3 Å². The van der Waals surface area contributed by atoms with Gasteiger partial charge in [0, 0.05) is 18.2 Å². The Morgan fingerprint density at radius 2 is 2.27 bits per heavy atom. The second-order valence-electron chi connectivity index (χ2n) is 2.89. The summed E-state index contributed by atoms with van der Waals surface area (Å²) in [5.41, 5.74) is 5.42.